The van der Waals surface area contributed by atoms with E-state index in [0.717, 1.165) is 42.3 Å². The van der Waals surface area contributed by atoms with Gasteiger partial charge in [-0.3, -0.25) is 9.78 Å². The molecular weight excluding hydrogens is 401 g/mol. The third kappa shape index (κ3) is 3.86. The van der Waals surface area contributed by atoms with Gasteiger partial charge in [0.25, 0.3) is 0 Å². The first-order valence-electron chi connectivity index (χ1n) is 11.4. The molecule has 32 heavy (non-hydrogen) atoms. The Morgan fingerprint density at radius 1 is 1.09 bits per heavy atom. The van der Waals surface area contributed by atoms with Crippen molar-refractivity contribution in [3.8, 4) is 6.07 Å². The third-order valence-electron chi connectivity index (χ3n) is 7.63. The Hall–Kier alpha value is -3.26. The Balaban J connectivity index is 1.23. The number of carbonyl (C=O) groups excluding carboxylic acids is 1. The normalized spacial score (nSPS) is 25.3. The highest BCUT2D eigenvalue weighted by Gasteiger charge is 2.44. The van der Waals surface area contributed by atoms with Gasteiger partial charge >= 0.3 is 0 Å². The summed E-state index contributed by atoms with van der Waals surface area (Å²) in [5, 5.41) is 12.9. The first-order valence-corrected chi connectivity index (χ1v) is 11.4. The Labute approximate surface area is 187 Å². The molecule has 2 fully saturated rings. The van der Waals surface area contributed by atoms with Crippen molar-refractivity contribution < 1.29 is 9.18 Å². The van der Waals surface area contributed by atoms with Crippen LogP contribution in [0.15, 0.2) is 54.7 Å². The van der Waals surface area contributed by atoms with Crippen molar-refractivity contribution in [2.45, 2.75) is 38.5 Å². The molecule has 0 aliphatic heterocycles. The van der Waals surface area contributed by atoms with E-state index in [4.69, 9.17) is 5.26 Å². The molecule has 1 heterocycles. The largest absolute Gasteiger partial charge is 0.326 e. The number of hydrogen-bond donors (Lipinski definition) is 1. The van der Waals surface area contributed by atoms with Crippen LogP contribution in [0.3, 0.4) is 0 Å². The Kier molecular flexibility index (Phi) is 5.38. The van der Waals surface area contributed by atoms with Crippen LogP contribution in [0.25, 0.3) is 10.9 Å². The molecule has 4 nitrogen and oxygen atoms in total. The van der Waals surface area contributed by atoms with Crippen LogP contribution in [-0.4, -0.2) is 10.9 Å². The highest BCUT2D eigenvalue weighted by molar-refractivity contribution is 5.92. The number of halogens is 1. The fourth-order valence-electron chi connectivity index (χ4n) is 5.92. The predicted octanol–water partition coefficient (Wildman–Crippen LogP) is 6.04. The summed E-state index contributed by atoms with van der Waals surface area (Å²) in [5.41, 5.74) is 3.38. The molecule has 0 saturated heterocycles. The van der Waals surface area contributed by atoms with Crippen molar-refractivity contribution >= 4 is 22.5 Å². The van der Waals surface area contributed by atoms with Gasteiger partial charge in [-0.25, -0.2) is 4.39 Å². The molecule has 1 aromatic heterocycles. The van der Waals surface area contributed by atoms with E-state index in [9.17, 15) is 9.18 Å². The van der Waals surface area contributed by atoms with Gasteiger partial charge in [-0.1, -0.05) is 6.92 Å². The van der Waals surface area contributed by atoms with E-state index in [2.05, 4.69) is 22.4 Å². The smallest absolute Gasteiger partial charge is 0.227 e. The predicted molar refractivity (Wildman–Crippen MR) is 122 cm³/mol. The van der Waals surface area contributed by atoms with E-state index in [1.807, 2.05) is 13.1 Å². The maximum absolute atomic E-state index is 13.9. The molecule has 2 saturated carbocycles. The zero-order valence-electron chi connectivity index (χ0n) is 18.1. The molecule has 5 rings (SSSR count). The second-order valence-electron chi connectivity index (χ2n) is 9.45. The molecule has 0 radical (unpaired) electrons. The van der Waals surface area contributed by atoms with Crippen LogP contribution in [0.4, 0.5) is 10.1 Å². The van der Waals surface area contributed by atoms with Gasteiger partial charge in [0.15, 0.2) is 0 Å². The summed E-state index contributed by atoms with van der Waals surface area (Å²) in [5.74, 6) is 1.83. The summed E-state index contributed by atoms with van der Waals surface area (Å²) < 4.78 is 13.9. The summed E-state index contributed by atoms with van der Waals surface area (Å²) in [6.07, 6.45) is 6.17. The third-order valence-corrected chi connectivity index (χ3v) is 7.63. The first kappa shape index (κ1) is 20.6. The fraction of sp³-hybridized carbons (Fsp3) is 0.370. The van der Waals surface area contributed by atoms with E-state index in [1.54, 1.807) is 36.4 Å². The molecule has 1 N–H and O–H groups in total. The number of amides is 1. The second kappa shape index (κ2) is 8.35. The minimum absolute atomic E-state index is 0.0480. The summed E-state index contributed by atoms with van der Waals surface area (Å²) >= 11 is 0. The number of nitrogens with zero attached hydrogens (tertiary/aromatic N) is 2. The van der Waals surface area contributed by atoms with Gasteiger partial charge in [0.05, 0.1) is 17.1 Å². The zero-order chi connectivity index (χ0) is 22.2. The average Bonchev–Trinajstić information content (AvgIpc) is 3.38. The van der Waals surface area contributed by atoms with Crippen molar-refractivity contribution in [3.05, 3.63) is 71.7 Å². The lowest BCUT2D eigenvalue weighted by Crippen LogP contribution is -2.26. The van der Waals surface area contributed by atoms with Gasteiger partial charge in [-0.2, -0.15) is 5.26 Å². The maximum atomic E-state index is 13.9. The topological polar surface area (TPSA) is 65.8 Å². The second-order valence-corrected chi connectivity index (χ2v) is 9.45. The molecule has 1 amide bonds. The minimum Gasteiger partial charge on any atom is -0.326 e. The molecule has 2 unspecified atom stereocenters. The van der Waals surface area contributed by atoms with Crippen LogP contribution in [0, 0.1) is 40.8 Å². The van der Waals surface area contributed by atoms with Crippen LogP contribution in [0.2, 0.25) is 0 Å². The molecule has 0 bridgehead atoms. The van der Waals surface area contributed by atoms with Gasteiger partial charge in [-0.15, -0.1) is 0 Å². The van der Waals surface area contributed by atoms with Crippen LogP contribution in [0.5, 0.6) is 0 Å². The minimum atomic E-state index is -0.216. The summed E-state index contributed by atoms with van der Waals surface area (Å²) in [7, 11) is 0. The number of aromatic nitrogens is 1. The zero-order valence-corrected chi connectivity index (χ0v) is 18.1. The number of benzene rings is 2. The van der Waals surface area contributed by atoms with Crippen LogP contribution < -0.4 is 5.32 Å². The number of anilines is 1. The lowest BCUT2D eigenvalue weighted by molar-refractivity contribution is -0.120. The molecule has 3 aromatic rings. The Bertz CT molecular complexity index is 1190. The number of fused-ring (bicyclic) bond motifs is 2. The van der Waals surface area contributed by atoms with Gasteiger partial charge in [0.1, 0.15) is 5.82 Å². The summed E-state index contributed by atoms with van der Waals surface area (Å²) in [4.78, 5) is 17.2. The van der Waals surface area contributed by atoms with E-state index in [1.165, 1.54) is 11.6 Å². The molecule has 5 heteroatoms. The van der Waals surface area contributed by atoms with Gasteiger partial charge in [0.2, 0.25) is 5.91 Å². The Morgan fingerprint density at radius 2 is 1.81 bits per heavy atom. The fourth-order valence-corrected chi connectivity index (χ4v) is 5.92. The average molecular weight is 428 g/mol. The molecule has 2 aromatic carbocycles. The maximum Gasteiger partial charge on any atom is 0.227 e. The van der Waals surface area contributed by atoms with E-state index >= 15 is 0 Å². The number of nitrogens with one attached hydrogen (secondary N) is 1. The number of carbonyl (C=O) groups is 1. The van der Waals surface area contributed by atoms with Gasteiger partial charge < -0.3 is 5.32 Å². The van der Waals surface area contributed by atoms with Crippen molar-refractivity contribution in [2.75, 3.05) is 5.32 Å². The monoisotopic (exact) mass is 427 g/mol. The van der Waals surface area contributed by atoms with Crippen molar-refractivity contribution in [2.24, 2.45) is 23.7 Å². The van der Waals surface area contributed by atoms with Crippen molar-refractivity contribution in [1.82, 2.24) is 4.98 Å². The number of nitriles is 1. The summed E-state index contributed by atoms with van der Waals surface area (Å²) in [6.45, 7) is 2.03. The molecule has 0 spiro atoms. The lowest BCUT2D eigenvalue weighted by Gasteiger charge is -2.21. The number of hydrogen-bond acceptors (Lipinski definition) is 3. The molecule has 2 aliphatic carbocycles. The van der Waals surface area contributed by atoms with Gasteiger partial charge in [0, 0.05) is 23.2 Å². The SMILES string of the molecule is CC(C(=O)Nc1ccc(C#N)cc1)[C@H]1C[C@H]2CC(c3ccnc4ccc(F)cc34)C[C@H]2C1. The molecular formula is C27H26FN3O. The van der Waals surface area contributed by atoms with E-state index < -0.39 is 0 Å². The number of pyridine rings is 1. The van der Waals surface area contributed by atoms with Crippen LogP contribution in [0.1, 0.15) is 49.7 Å². The standard InChI is InChI=1S/C27H26FN3O/c1-16(27(32)31-23-5-2-17(15-29)3-6-23)18-10-19-12-21(13-20(19)11-18)24-8-9-30-26-7-4-22(28)14-25(24)26/h2-9,14,16,18-21H,10-13H2,1H3,(H,31,32)/t16?,18-,19-,20+,21?. The highest BCUT2D eigenvalue weighted by Crippen LogP contribution is 2.54. The number of rotatable bonds is 4. The first-order chi connectivity index (χ1) is 15.5. The van der Waals surface area contributed by atoms with Crippen molar-refractivity contribution in [1.29, 1.82) is 5.26 Å². The molecule has 162 valence electrons. The Morgan fingerprint density at radius 3 is 2.50 bits per heavy atom. The van der Waals surface area contributed by atoms with E-state index in [-0.39, 0.29) is 17.6 Å². The van der Waals surface area contributed by atoms with Crippen LogP contribution in [-0.2, 0) is 4.79 Å². The lowest BCUT2D eigenvalue weighted by atomic mass is 9.86. The molecule has 2 aliphatic rings. The molecule has 5 atom stereocenters. The van der Waals surface area contributed by atoms with E-state index in [0.29, 0.717) is 29.2 Å². The van der Waals surface area contributed by atoms with Crippen LogP contribution >= 0.6 is 0 Å². The van der Waals surface area contributed by atoms with Gasteiger partial charge in [-0.05, 0) is 103 Å². The quantitative estimate of drug-likeness (QED) is 0.552. The summed E-state index contributed by atoms with van der Waals surface area (Å²) in [6, 6.07) is 16.0. The highest BCUT2D eigenvalue weighted by atomic mass is 19.1. The van der Waals surface area contributed by atoms with Crippen molar-refractivity contribution in [3.63, 3.8) is 0 Å².